The van der Waals surface area contributed by atoms with Crippen LogP contribution in [0.25, 0.3) is 0 Å². The Balaban J connectivity index is 2.03. The minimum Gasteiger partial charge on any atom is -0.496 e. The second-order valence-corrected chi connectivity index (χ2v) is 5.22. The fourth-order valence-corrected chi connectivity index (χ4v) is 2.39. The van der Waals surface area contributed by atoms with E-state index in [0.717, 1.165) is 5.56 Å². The topological polar surface area (TPSA) is 80.0 Å². The van der Waals surface area contributed by atoms with Crippen molar-refractivity contribution >= 4 is 11.7 Å². The van der Waals surface area contributed by atoms with E-state index in [4.69, 9.17) is 9.47 Å². The molecule has 1 aromatic carbocycles. The molecule has 120 valence electrons. The summed E-state index contributed by atoms with van der Waals surface area (Å²) in [5, 5.41) is 5.62. The lowest BCUT2D eigenvalue weighted by atomic mass is 9.99. The molecule has 0 bridgehead atoms. The predicted molar refractivity (Wildman–Crippen MR) is 82.3 cm³/mol. The average molecular weight is 306 g/mol. The standard InChI is InChI=1S/C16H22N2O4/c1-17-12(15(19)14-9-22-14)7-5-10-4-6-11(16(20)18-2)13(8-10)21-3/h4,6,8,12,14,17H,5,7,9H2,1-3H3,(H,18,20)/t12-,14?/m0/s1. The van der Waals surface area contributed by atoms with Gasteiger partial charge >= 0.3 is 0 Å². The number of ketones is 1. The first-order valence-electron chi connectivity index (χ1n) is 7.32. The van der Waals surface area contributed by atoms with Crippen LogP contribution in [0.15, 0.2) is 18.2 Å². The van der Waals surface area contributed by atoms with Gasteiger partial charge in [0.1, 0.15) is 11.9 Å². The van der Waals surface area contributed by atoms with E-state index in [1.807, 2.05) is 12.1 Å². The van der Waals surface area contributed by atoms with Gasteiger partial charge in [-0.3, -0.25) is 9.59 Å². The molecule has 2 rings (SSSR count). The highest BCUT2D eigenvalue weighted by molar-refractivity contribution is 5.96. The summed E-state index contributed by atoms with van der Waals surface area (Å²) in [6, 6.07) is 5.26. The molecule has 6 heteroatoms. The monoisotopic (exact) mass is 306 g/mol. The second-order valence-electron chi connectivity index (χ2n) is 5.22. The van der Waals surface area contributed by atoms with Crippen LogP contribution >= 0.6 is 0 Å². The summed E-state index contributed by atoms with van der Waals surface area (Å²) < 4.78 is 10.3. The van der Waals surface area contributed by atoms with Gasteiger partial charge in [-0.2, -0.15) is 0 Å². The number of hydrogen-bond acceptors (Lipinski definition) is 5. The van der Waals surface area contributed by atoms with Gasteiger partial charge in [0.05, 0.1) is 25.3 Å². The number of benzene rings is 1. The number of epoxide rings is 1. The van der Waals surface area contributed by atoms with Crippen LogP contribution in [0.3, 0.4) is 0 Å². The molecular weight excluding hydrogens is 284 g/mol. The number of aryl methyl sites for hydroxylation is 1. The zero-order valence-corrected chi connectivity index (χ0v) is 13.1. The molecule has 1 heterocycles. The Kier molecular flexibility index (Phi) is 5.51. The average Bonchev–Trinajstić information content (AvgIpc) is 3.39. The number of likely N-dealkylation sites (N-methyl/N-ethyl adjacent to an activating group) is 1. The molecule has 2 atom stereocenters. The van der Waals surface area contributed by atoms with Gasteiger partial charge in [0.2, 0.25) is 0 Å². The van der Waals surface area contributed by atoms with Gasteiger partial charge < -0.3 is 20.1 Å². The van der Waals surface area contributed by atoms with Crippen molar-refractivity contribution in [3.8, 4) is 5.75 Å². The molecule has 0 aliphatic carbocycles. The first-order chi connectivity index (χ1) is 10.6. The van der Waals surface area contributed by atoms with Crippen LogP contribution < -0.4 is 15.4 Å². The minimum absolute atomic E-state index is 0.108. The van der Waals surface area contributed by atoms with E-state index in [1.165, 1.54) is 7.11 Å². The van der Waals surface area contributed by atoms with Gasteiger partial charge in [-0.05, 0) is 37.6 Å². The summed E-state index contributed by atoms with van der Waals surface area (Å²) in [5.74, 6) is 0.462. The van der Waals surface area contributed by atoms with Crippen molar-refractivity contribution in [1.29, 1.82) is 0 Å². The van der Waals surface area contributed by atoms with E-state index in [1.54, 1.807) is 20.2 Å². The number of rotatable bonds is 8. The molecular formula is C16H22N2O4. The van der Waals surface area contributed by atoms with Crippen LogP contribution in [0.1, 0.15) is 22.3 Å². The number of methoxy groups -OCH3 is 1. The SMILES string of the molecule is CNC(=O)c1ccc(CC[C@H](NC)C(=O)C2CO2)cc1OC. The smallest absolute Gasteiger partial charge is 0.254 e. The highest BCUT2D eigenvalue weighted by Crippen LogP contribution is 2.22. The molecule has 6 nitrogen and oxygen atoms in total. The van der Waals surface area contributed by atoms with E-state index in [2.05, 4.69) is 10.6 Å². The van der Waals surface area contributed by atoms with E-state index in [-0.39, 0.29) is 23.8 Å². The number of ether oxygens (including phenoxy) is 2. The van der Waals surface area contributed by atoms with Crippen molar-refractivity contribution in [3.05, 3.63) is 29.3 Å². The van der Waals surface area contributed by atoms with Gasteiger partial charge in [-0.1, -0.05) is 6.07 Å². The molecule has 1 aliphatic rings. The minimum atomic E-state index is -0.234. The largest absolute Gasteiger partial charge is 0.496 e. The number of amides is 1. The van der Waals surface area contributed by atoms with Crippen LogP contribution in [0, 0.1) is 0 Å². The van der Waals surface area contributed by atoms with Crippen molar-refractivity contribution in [2.45, 2.75) is 25.0 Å². The zero-order valence-electron chi connectivity index (χ0n) is 13.1. The van der Waals surface area contributed by atoms with Crippen LogP contribution in [0.4, 0.5) is 0 Å². The van der Waals surface area contributed by atoms with Crippen LogP contribution in [0.2, 0.25) is 0 Å². The predicted octanol–water partition coefficient (Wildman–Crippen LogP) is 0.543. The van der Waals surface area contributed by atoms with Gasteiger partial charge in [-0.25, -0.2) is 0 Å². The summed E-state index contributed by atoms with van der Waals surface area (Å²) in [6.45, 7) is 0.533. The highest BCUT2D eigenvalue weighted by atomic mass is 16.6. The third-order valence-electron chi connectivity index (χ3n) is 3.80. The van der Waals surface area contributed by atoms with Gasteiger partial charge in [0.25, 0.3) is 5.91 Å². The molecule has 0 spiro atoms. The number of Topliss-reactive ketones (excluding diaryl/α,β-unsaturated/α-hetero) is 1. The Morgan fingerprint density at radius 3 is 2.68 bits per heavy atom. The number of carbonyl (C=O) groups is 2. The maximum absolute atomic E-state index is 12.0. The summed E-state index contributed by atoms with van der Waals surface area (Å²) in [5.41, 5.74) is 1.52. The van der Waals surface area contributed by atoms with Crippen molar-refractivity contribution in [2.75, 3.05) is 27.8 Å². The Morgan fingerprint density at radius 1 is 1.41 bits per heavy atom. The maximum Gasteiger partial charge on any atom is 0.254 e. The van der Waals surface area contributed by atoms with E-state index >= 15 is 0 Å². The quantitative estimate of drug-likeness (QED) is 0.685. The highest BCUT2D eigenvalue weighted by Gasteiger charge is 2.35. The molecule has 2 N–H and O–H groups in total. The van der Waals surface area contributed by atoms with Gasteiger partial charge in [0, 0.05) is 7.05 Å². The normalized spacial score (nSPS) is 17.7. The van der Waals surface area contributed by atoms with Crippen molar-refractivity contribution in [3.63, 3.8) is 0 Å². The molecule has 1 fully saturated rings. The Bertz CT molecular complexity index is 555. The number of carbonyl (C=O) groups excluding carboxylic acids is 2. The molecule has 1 unspecified atom stereocenters. The first kappa shape index (κ1) is 16.5. The molecule has 0 aromatic heterocycles. The fourth-order valence-electron chi connectivity index (χ4n) is 2.39. The van der Waals surface area contributed by atoms with E-state index in [0.29, 0.717) is 30.8 Å². The molecule has 0 radical (unpaired) electrons. The van der Waals surface area contributed by atoms with Gasteiger partial charge in [0.15, 0.2) is 5.78 Å². The van der Waals surface area contributed by atoms with Crippen molar-refractivity contribution in [2.24, 2.45) is 0 Å². The molecule has 22 heavy (non-hydrogen) atoms. The summed E-state index contributed by atoms with van der Waals surface area (Å²) in [4.78, 5) is 23.7. The van der Waals surface area contributed by atoms with Crippen molar-refractivity contribution < 1.29 is 19.1 Å². The van der Waals surface area contributed by atoms with Crippen molar-refractivity contribution in [1.82, 2.24) is 10.6 Å². The summed E-state index contributed by atoms with van der Waals surface area (Å²) in [6.07, 6.45) is 1.16. The maximum atomic E-state index is 12.0. The van der Waals surface area contributed by atoms with Crippen LogP contribution in [-0.2, 0) is 16.0 Å². The number of hydrogen-bond donors (Lipinski definition) is 2. The Morgan fingerprint density at radius 2 is 2.14 bits per heavy atom. The Hall–Kier alpha value is -1.92. The van der Waals surface area contributed by atoms with Crippen LogP contribution in [-0.4, -0.2) is 51.6 Å². The lowest BCUT2D eigenvalue weighted by Gasteiger charge is -2.14. The number of nitrogens with one attached hydrogen (secondary N) is 2. The lowest BCUT2D eigenvalue weighted by Crippen LogP contribution is -2.37. The van der Waals surface area contributed by atoms with E-state index in [9.17, 15) is 9.59 Å². The fraction of sp³-hybridized carbons (Fsp3) is 0.500. The lowest BCUT2D eigenvalue weighted by molar-refractivity contribution is -0.122. The third-order valence-corrected chi connectivity index (χ3v) is 3.80. The molecule has 0 saturated carbocycles. The zero-order chi connectivity index (χ0) is 16.1. The van der Waals surface area contributed by atoms with Crippen LogP contribution in [0.5, 0.6) is 5.75 Å². The molecule has 1 amide bonds. The molecule has 1 aromatic rings. The molecule has 1 aliphatic heterocycles. The molecule has 1 saturated heterocycles. The third kappa shape index (κ3) is 3.84. The first-order valence-corrected chi connectivity index (χ1v) is 7.32. The summed E-state index contributed by atoms with van der Waals surface area (Å²) >= 11 is 0. The summed E-state index contributed by atoms with van der Waals surface area (Å²) in [7, 11) is 4.90. The Labute approximate surface area is 130 Å². The van der Waals surface area contributed by atoms with Gasteiger partial charge in [-0.15, -0.1) is 0 Å². The van der Waals surface area contributed by atoms with E-state index < -0.39 is 0 Å². The second kappa shape index (κ2) is 7.38.